The number of nitrogens with two attached hydrogens (primary N) is 2. The van der Waals surface area contributed by atoms with Crippen LogP contribution in [-0.2, 0) is 32.9 Å². The van der Waals surface area contributed by atoms with Crippen LogP contribution in [0.1, 0.15) is 119 Å². The molecule has 3 aliphatic rings. The third-order valence-electron chi connectivity index (χ3n) is 13.8. The van der Waals surface area contributed by atoms with Gasteiger partial charge in [0.05, 0.1) is 5.56 Å². The monoisotopic (exact) mass is 929 g/mol. The molecule has 1 saturated carbocycles. The summed E-state index contributed by atoms with van der Waals surface area (Å²) in [5.41, 5.74) is 17.6. The molecule has 0 bridgehead atoms. The molecule has 2 aliphatic heterocycles. The van der Waals surface area contributed by atoms with Crippen LogP contribution in [0.25, 0.3) is 10.9 Å². The molecule has 14 nitrogen and oxygen atoms in total. The summed E-state index contributed by atoms with van der Waals surface area (Å²) in [4.78, 5) is 69.4. The summed E-state index contributed by atoms with van der Waals surface area (Å²) in [6.45, 7) is 5.61. The van der Waals surface area contributed by atoms with Crippen molar-refractivity contribution in [2.24, 2.45) is 5.92 Å². The van der Waals surface area contributed by atoms with E-state index in [0.29, 0.717) is 102 Å². The number of hydrogen-bond donors (Lipinski definition) is 5. The van der Waals surface area contributed by atoms with Crippen LogP contribution in [0.15, 0.2) is 109 Å². The molecule has 1 aromatic heterocycles. The predicted molar refractivity (Wildman–Crippen MR) is 266 cm³/mol. The Kier molecular flexibility index (Phi) is 13.4. The highest BCUT2D eigenvalue weighted by Gasteiger charge is 2.54. The van der Waals surface area contributed by atoms with Gasteiger partial charge in [-0.05, 0) is 124 Å². The third-order valence-corrected chi connectivity index (χ3v) is 13.8. The number of rotatable bonds is 16. The number of ether oxygens (including phenoxy) is 2. The molecule has 9 rings (SSSR count). The standard InChI is InChI=1S/C55H59N7O7/c1-3-34-12-11-14-41(28-34)61(4-2)50(63)33-62-46-15-8-7-13-36(46)30-47(62)53(66)60-40-21-16-35(17-22-40)51(64)58-26-9-5-6-10-27-59-52(65)37-18-23-42-45(29-37)55(69-54(42)67)43-24-19-38(56)31-48(43)68-49-32-39(57)20-25-44(49)55/h7-8,11-15,18-20,23-25,28-32,35,40H,3-6,9-10,16-17,21-22,26-27,33,56-57H2,1-2H3,(H,58,64)(H,59,65)(H,60,66)/t35-,40-. The molecule has 1 aliphatic carbocycles. The van der Waals surface area contributed by atoms with Gasteiger partial charge in [0.25, 0.3) is 11.8 Å². The van der Waals surface area contributed by atoms with Crippen molar-refractivity contribution in [2.45, 2.75) is 89.8 Å². The number of anilines is 3. The fraction of sp³-hybridized carbons (Fsp3) is 0.327. The maximum absolute atomic E-state index is 13.9. The molecule has 3 heterocycles. The number of aromatic nitrogens is 1. The van der Waals surface area contributed by atoms with E-state index in [4.69, 9.17) is 20.9 Å². The molecule has 7 N–H and O–H groups in total. The molecule has 0 unspecified atom stereocenters. The van der Waals surface area contributed by atoms with Crippen molar-refractivity contribution >= 4 is 57.6 Å². The Morgan fingerprint density at radius 1 is 0.725 bits per heavy atom. The lowest BCUT2D eigenvalue weighted by Gasteiger charge is -2.36. The van der Waals surface area contributed by atoms with Crippen LogP contribution in [0.4, 0.5) is 17.1 Å². The van der Waals surface area contributed by atoms with E-state index < -0.39 is 11.6 Å². The highest BCUT2D eigenvalue weighted by Crippen LogP contribution is 2.56. The summed E-state index contributed by atoms with van der Waals surface area (Å²) in [5, 5.41) is 10.2. The number of amides is 4. The van der Waals surface area contributed by atoms with Crippen molar-refractivity contribution in [3.8, 4) is 11.5 Å². The van der Waals surface area contributed by atoms with Crippen LogP contribution in [0.3, 0.4) is 0 Å². The lowest BCUT2D eigenvalue weighted by atomic mass is 9.77. The number of benzene rings is 5. The molecule has 14 heteroatoms. The van der Waals surface area contributed by atoms with Gasteiger partial charge in [0.2, 0.25) is 11.8 Å². The molecule has 5 aromatic carbocycles. The number of nitrogen functional groups attached to an aromatic ring is 2. The zero-order valence-electron chi connectivity index (χ0n) is 39.1. The van der Waals surface area contributed by atoms with E-state index in [1.54, 1.807) is 59.5 Å². The molecule has 1 spiro atoms. The number of unbranched alkanes of at least 4 members (excludes halogenated alkanes) is 3. The van der Waals surface area contributed by atoms with Crippen LogP contribution in [0, 0.1) is 5.92 Å². The first-order valence-corrected chi connectivity index (χ1v) is 24.2. The van der Waals surface area contributed by atoms with Gasteiger partial charge in [-0.15, -0.1) is 0 Å². The minimum atomic E-state index is -1.35. The van der Waals surface area contributed by atoms with Crippen molar-refractivity contribution < 1.29 is 33.4 Å². The number of carbonyl (C=O) groups excluding carboxylic acids is 5. The fourth-order valence-corrected chi connectivity index (χ4v) is 10.2. The Hall–Kier alpha value is -7.61. The SMILES string of the molecule is CCc1cccc(N(CC)C(=O)Cn2c(C(=O)N[C@H]3CC[C@H](C(=O)NCCCCCCNC(=O)c4ccc5c(c4)C4(OC5=O)c5ccc(N)cc5Oc5cc(N)ccc54)CC3)cc3ccccc32)c1. The van der Waals surface area contributed by atoms with Gasteiger partial charge in [0.1, 0.15) is 23.7 Å². The number of fused-ring (bicyclic) bond motifs is 7. The smallest absolute Gasteiger partial charge is 0.340 e. The number of aryl methyl sites for hydroxylation is 1. The second-order valence-corrected chi connectivity index (χ2v) is 18.3. The Balaban J connectivity index is 0.716. The van der Waals surface area contributed by atoms with Gasteiger partial charge in [-0.3, -0.25) is 19.2 Å². The van der Waals surface area contributed by atoms with Gasteiger partial charge in [-0.25, -0.2) is 4.79 Å². The summed E-state index contributed by atoms with van der Waals surface area (Å²) in [7, 11) is 0. The molecule has 6 aromatic rings. The van der Waals surface area contributed by atoms with Gasteiger partial charge in [0, 0.05) is 93.9 Å². The molecular weight excluding hydrogens is 871 g/mol. The van der Waals surface area contributed by atoms with Crippen molar-refractivity contribution in [3.05, 3.63) is 148 Å². The van der Waals surface area contributed by atoms with E-state index in [0.717, 1.165) is 54.3 Å². The van der Waals surface area contributed by atoms with Crippen molar-refractivity contribution in [1.82, 2.24) is 20.5 Å². The summed E-state index contributed by atoms with van der Waals surface area (Å²) in [6.07, 6.45) is 6.92. The Morgan fingerprint density at radius 3 is 2.12 bits per heavy atom. The highest BCUT2D eigenvalue weighted by molar-refractivity contribution is 6.02. The van der Waals surface area contributed by atoms with Gasteiger partial charge in [-0.2, -0.15) is 0 Å². The number of nitrogens with zero attached hydrogens (tertiary/aromatic N) is 2. The first-order valence-electron chi connectivity index (χ1n) is 24.2. The van der Waals surface area contributed by atoms with Crippen LogP contribution >= 0.6 is 0 Å². The number of esters is 1. The predicted octanol–water partition coefficient (Wildman–Crippen LogP) is 8.38. The van der Waals surface area contributed by atoms with Gasteiger partial charge < -0.3 is 46.4 Å². The lowest BCUT2D eigenvalue weighted by molar-refractivity contribution is -0.126. The minimum absolute atomic E-state index is 0.0275. The maximum atomic E-state index is 13.9. The number of hydrogen-bond acceptors (Lipinski definition) is 9. The number of likely N-dealkylation sites (N-methyl/N-ethyl adjacent to an activating group) is 1. The maximum Gasteiger partial charge on any atom is 0.340 e. The van der Waals surface area contributed by atoms with Crippen LogP contribution in [0.5, 0.6) is 11.5 Å². The Bertz CT molecular complexity index is 2900. The first-order chi connectivity index (χ1) is 33.5. The average Bonchev–Trinajstić information content (AvgIpc) is 3.86. The van der Waals surface area contributed by atoms with Crippen molar-refractivity contribution in [3.63, 3.8) is 0 Å². The van der Waals surface area contributed by atoms with Crippen molar-refractivity contribution in [1.29, 1.82) is 0 Å². The summed E-state index contributed by atoms with van der Waals surface area (Å²) in [5.74, 6) is -0.291. The van der Waals surface area contributed by atoms with Gasteiger partial charge >= 0.3 is 5.97 Å². The third kappa shape index (κ3) is 9.35. The Labute approximate surface area is 401 Å². The van der Waals surface area contributed by atoms with Crippen molar-refractivity contribution in [2.75, 3.05) is 36.0 Å². The van der Waals surface area contributed by atoms with Crippen LogP contribution in [0.2, 0.25) is 0 Å². The molecule has 69 heavy (non-hydrogen) atoms. The average molecular weight is 930 g/mol. The number of nitrogens with one attached hydrogen (secondary N) is 3. The zero-order chi connectivity index (χ0) is 48.2. The number of para-hydroxylation sites is 1. The second kappa shape index (κ2) is 19.9. The Morgan fingerprint density at radius 2 is 1.42 bits per heavy atom. The molecular formula is C55H59N7O7. The van der Waals surface area contributed by atoms with Crippen LogP contribution in [-0.4, -0.2) is 59.8 Å². The minimum Gasteiger partial charge on any atom is -0.456 e. The summed E-state index contributed by atoms with van der Waals surface area (Å²) in [6, 6.07) is 32.9. The fourth-order valence-electron chi connectivity index (χ4n) is 10.2. The molecule has 356 valence electrons. The van der Waals surface area contributed by atoms with E-state index >= 15 is 0 Å². The second-order valence-electron chi connectivity index (χ2n) is 18.3. The lowest BCUT2D eigenvalue weighted by Crippen LogP contribution is -2.42. The van der Waals surface area contributed by atoms with Gasteiger partial charge in [-0.1, -0.05) is 50.1 Å². The summed E-state index contributed by atoms with van der Waals surface area (Å²) < 4.78 is 14.2. The topological polar surface area (TPSA) is 200 Å². The van der Waals surface area contributed by atoms with Crippen LogP contribution < -0.4 is 37.1 Å². The summed E-state index contributed by atoms with van der Waals surface area (Å²) >= 11 is 0. The van der Waals surface area contributed by atoms with Gasteiger partial charge in [0.15, 0.2) is 5.60 Å². The molecule has 4 amide bonds. The van der Waals surface area contributed by atoms with E-state index in [9.17, 15) is 24.0 Å². The highest BCUT2D eigenvalue weighted by atomic mass is 16.6. The van der Waals surface area contributed by atoms with E-state index in [1.807, 2.05) is 60.0 Å². The number of carbonyl (C=O) groups is 5. The molecule has 1 fully saturated rings. The quantitative estimate of drug-likeness (QED) is 0.0359. The first kappa shape index (κ1) is 46.5. The molecule has 0 atom stereocenters. The van der Waals surface area contributed by atoms with E-state index in [2.05, 4.69) is 28.9 Å². The molecule has 0 radical (unpaired) electrons. The normalized spacial score (nSPS) is 16.4. The van der Waals surface area contributed by atoms with E-state index in [1.165, 1.54) is 0 Å². The molecule has 0 saturated heterocycles. The van der Waals surface area contributed by atoms with E-state index in [-0.39, 0.29) is 42.1 Å². The zero-order valence-corrected chi connectivity index (χ0v) is 39.1. The largest absolute Gasteiger partial charge is 0.456 e.